The number of anilines is 1. The maximum Gasteiger partial charge on any atom is 0.133 e. The van der Waals surface area contributed by atoms with Gasteiger partial charge in [0.05, 0.1) is 16.8 Å². The minimum absolute atomic E-state index is 0.308. The van der Waals surface area contributed by atoms with E-state index >= 15 is 4.39 Å². The van der Waals surface area contributed by atoms with Crippen LogP contribution in [0.4, 0.5) is 10.1 Å². The number of hydrogen-bond donors (Lipinski definition) is 2. The molecule has 4 aromatic rings. The zero-order valence-corrected chi connectivity index (χ0v) is 20.9. The van der Waals surface area contributed by atoms with Crippen molar-refractivity contribution in [3.8, 4) is 28.6 Å². The van der Waals surface area contributed by atoms with Crippen LogP contribution in [-0.2, 0) is 6.54 Å². The maximum atomic E-state index is 15.2. The first kappa shape index (κ1) is 23.9. The molecular formula is C28H30FN7. The number of fused-ring (bicyclic) bond motifs is 1. The van der Waals surface area contributed by atoms with Crippen molar-refractivity contribution < 1.29 is 4.39 Å². The average molecular weight is 484 g/mol. The van der Waals surface area contributed by atoms with E-state index in [0.29, 0.717) is 40.1 Å². The smallest absolute Gasteiger partial charge is 0.133 e. The van der Waals surface area contributed by atoms with Crippen LogP contribution >= 0.6 is 0 Å². The van der Waals surface area contributed by atoms with Crippen LogP contribution in [-0.4, -0.2) is 59.9 Å². The minimum atomic E-state index is -0.388. The Kier molecular flexibility index (Phi) is 6.68. The number of aromatic amines is 1. The second kappa shape index (κ2) is 10.1. The van der Waals surface area contributed by atoms with Crippen LogP contribution in [0.2, 0.25) is 0 Å². The molecule has 0 bridgehead atoms. The number of nitrogens with one attached hydrogen (secondary N) is 2. The molecule has 3 heterocycles. The molecule has 7 nitrogen and oxygen atoms in total. The van der Waals surface area contributed by atoms with Gasteiger partial charge in [0.25, 0.3) is 0 Å². The summed E-state index contributed by atoms with van der Waals surface area (Å²) in [6.07, 6.45) is 0. The summed E-state index contributed by atoms with van der Waals surface area (Å²) in [6.45, 7) is 9.87. The van der Waals surface area contributed by atoms with Gasteiger partial charge in [0.1, 0.15) is 23.1 Å². The lowest BCUT2D eigenvalue weighted by atomic mass is 9.97. The van der Waals surface area contributed by atoms with Crippen LogP contribution in [0.5, 0.6) is 0 Å². The van der Waals surface area contributed by atoms with E-state index in [9.17, 15) is 5.26 Å². The van der Waals surface area contributed by atoms with Gasteiger partial charge in [0, 0.05) is 49.5 Å². The quantitative estimate of drug-likeness (QED) is 0.421. The second-order valence-electron chi connectivity index (χ2n) is 9.23. The Morgan fingerprint density at radius 3 is 2.47 bits per heavy atom. The van der Waals surface area contributed by atoms with Gasteiger partial charge in [-0.3, -0.25) is 5.10 Å². The molecule has 184 valence electrons. The molecule has 0 saturated carbocycles. The van der Waals surface area contributed by atoms with E-state index in [-0.39, 0.29) is 5.82 Å². The number of aryl methyl sites for hydroxylation is 1. The lowest BCUT2D eigenvalue weighted by Crippen LogP contribution is -2.46. The number of piperazine rings is 1. The van der Waals surface area contributed by atoms with Gasteiger partial charge in [0.2, 0.25) is 0 Å². The van der Waals surface area contributed by atoms with Gasteiger partial charge in [-0.2, -0.15) is 10.4 Å². The van der Waals surface area contributed by atoms with Crippen LogP contribution in [0.15, 0.2) is 42.5 Å². The highest BCUT2D eigenvalue weighted by Gasteiger charge is 2.20. The predicted molar refractivity (Wildman–Crippen MR) is 141 cm³/mol. The molecule has 0 unspecified atom stereocenters. The molecular weight excluding hydrogens is 453 g/mol. The van der Waals surface area contributed by atoms with E-state index in [1.165, 1.54) is 11.8 Å². The van der Waals surface area contributed by atoms with E-state index in [2.05, 4.69) is 62.6 Å². The van der Waals surface area contributed by atoms with E-state index in [0.717, 1.165) is 49.4 Å². The highest BCUT2D eigenvalue weighted by molar-refractivity contribution is 5.93. The summed E-state index contributed by atoms with van der Waals surface area (Å²) >= 11 is 0. The fraction of sp³-hybridized carbons (Fsp3) is 0.321. The molecule has 1 saturated heterocycles. The molecule has 0 spiro atoms. The van der Waals surface area contributed by atoms with Crippen molar-refractivity contribution >= 4 is 16.7 Å². The van der Waals surface area contributed by atoms with Gasteiger partial charge in [-0.25, -0.2) is 9.37 Å². The van der Waals surface area contributed by atoms with Crippen LogP contribution in [0.25, 0.3) is 33.5 Å². The van der Waals surface area contributed by atoms with Crippen molar-refractivity contribution in [3.05, 3.63) is 65.0 Å². The number of aromatic nitrogens is 3. The molecule has 5 rings (SSSR count). The number of nitrogens with zero attached hydrogens (tertiary/aromatic N) is 5. The van der Waals surface area contributed by atoms with Crippen LogP contribution < -0.4 is 10.2 Å². The molecule has 2 aromatic heterocycles. The number of nitriles is 1. The summed E-state index contributed by atoms with van der Waals surface area (Å²) in [4.78, 5) is 9.65. The van der Waals surface area contributed by atoms with Crippen molar-refractivity contribution in [2.24, 2.45) is 0 Å². The molecule has 36 heavy (non-hydrogen) atoms. The summed E-state index contributed by atoms with van der Waals surface area (Å²) < 4.78 is 15.2. The summed E-state index contributed by atoms with van der Waals surface area (Å²) in [5.41, 5.74) is 6.63. The number of halogens is 1. The minimum Gasteiger partial charge on any atom is -0.369 e. The van der Waals surface area contributed by atoms with E-state index in [1.807, 2.05) is 20.0 Å². The Labute approximate surface area is 210 Å². The van der Waals surface area contributed by atoms with Gasteiger partial charge >= 0.3 is 0 Å². The summed E-state index contributed by atoms with van der Waals surface area (Å²) in [6, 6.07) is 15.7. The van der Waals surface area contributed by atoms with Gasteiger partial charge in [-0.15, -0.1) is 0 Å². The third-order valence-electron chi connectivity index (χ3n) is 6.95. The Bertz CT molecular complexity index is 1400. The van der Waals surface area contributed by atoms with Crippen molar-refractivity contribution in [1.29, 1.82) is 5.26 Å². The molecule has 0 atom stereocenters. The highest BCUT2D eigenvalue weighted by Crippen LogP contribution is 2.34. The highest BCUT2D eigenvalue weighted by atomic mass is 19.1. The standard InChI is InChI=1S/C28H30FN7/c1-4-35-9-11-36(12-10-35)22-7-5-20(6-8-22)27-28-24(33-34-27)15-21(16-30)26(32-28)25-18(2)13-19(17-31-3)14-23(25)29/h5-8,13-15,31H,4,9-12,17H2,1-3H3,(H,33,34). The number of hydrogen-bond acceptors (Lipinski definition) is 6. The van der Waals surface area contributed by atoms with Crippen LogP contribution in [0, 0.1) is 24.1 Å². The lowest BCUT2D eigenvalue weighted by Gasteiger charge is -2.35. The van der Waals surface area contributed by atoms with Crippen molar-refractivity contribution in [3.63, 3.8) is 0 Å². The fourth-order valence-corrected chi connectivity index (χ4v) is 5.00. The number of benzene rings is 2. The normalized spacial score (nSPS) is 14.4. The topological polar surface area (TPSA) is 83.9 Å². The number of likely N-dealkylation sites (N-methyl/N-ethyl adjacent to an activating group) is 1. The number of pyridine rings is 1. The molecule has 0 amide bonds. The Hall–Kier alpha value is -3.80. The van der Waals surface area contributed by atoms with Crippen molar-refractivity contribution in [2.45, 2.75) is 20.4 Å². The van der Waals surface area contributed by atoms with Crippen molar-refractivity contribution in [1.82, 2.24) is 25.4 Å². The zero-order valence-electron chi connectivity index (χ0n) is 20.9. The molecule has 1 aliphatic heterocycles. The Balaban J connectivity index is 1.52. The van der Waals surface area contributed by atoms with Crippen LogP contribution in [0.3, 0.4) is 0 Å². The predicted octanol–water partition coefficient (Wildman–Crippen LogP) is 4.47. The van der Waals surface area contributed by atoms with E-state index in [4.69, 9.17) is 4.98 Å². The summed E-state index contributed by atoms with van der Waals surface area (Å²) in [7, 11) is 1.82. The van der Waals surface area contributed by atoms with Gasteiger partial charge in [0.15, 0.2) is 0 Å². The molecule has 2 N–H and O–H groups in total. The average Bonchev–Trinajstić information content (AvgIpc) is 3.31. The Morgan fingerprint density at radius 1 is 1.08 bits per heavy atom. The first-order chi connectivity index (χ1) is 17.5. The fourth-order valence-electron chi connectivity index (χ4n) is 5.00. The third-order valence-corrected chi connectivity index (χ3v) is 6.95. The lowest BCUT2D eigenvalue weighted by molar-refractivity contribution is 0.271. The molecule has 0 aliphatic carbocycles. The molecule has 2 aromatic carbocycles. The monoisotopic (exact) mass is 483 g/mol. The molecule has 1 fully saturated rings. The number of H-pyrrole nitrogens is 1. The van der Waals surface area contributed by atoms with E-state index in [1.54, 1.807) is 6.07 Å². The van der Waals surface area contributed by atoms with Gasteiger partial charge < -0.3 is 15.1 Å². The second-order valence-corrected chi connectivity index (χ2v) is 9.23. The van der Waals surface area contributed by atoms with Crippen LogP contribution in [0.1, 0.15) is 23.6 Å². The molecule has 0 radical (unpaired) electrons. The largest absolute Gasteiger partial charge is 0.369 e. The SMILES string of the molecule is CCN1CCN(c2ccc(-c3n[nH]c4cc(C#N)c(-c5c(C)cc(CNC)cc5F)nc34)cc2)CC1. The maximum absolute atomic E-state index is 15.2. The molecule has 8 heteroatoms. The van der Waals surface area contributed by atoms with Gasteiger partial charge in [-0.05, 0) is 55.9 Å². The van der Waals surface area contributed by atoms with Gasteiger partial charge in [-0.1, -0.05) is 25.1 Å². The summed E-state index contributed by atoms with van der Waals surface area (Å²) in [5.74, 6) is -0.388. The first-order valence-electron chi connectivity index (χ1n) is 12.3. The Morgan fingerprint density at radius 2 is 1.83 bits per heavy atom. The van der Waals surface area contributed by atoms with Crippen molar-refractivity contribution in [2.75, 3.05) is 44.7 Å². The first-order valence-corrected chi connectivity index (χ1v) is 12.3. The third kappa shape index (κ3) is 4.43. The zero-order chi connectivity index (χ0) is 25.2. The van der Waals surface area contributed by atoms with E-state index < -0.39 is 0 Å². The number of rotatable bonds is 6. The summed E-state index contributed by atoms with van der Waals surface area (Å²) in [5, 5.41) is 20.4. The molecule has 1 aliphatic rings.